The molecule has 0 amide bonds. The molecule has 3 heteroatoms. The van der Waals surface area contributed by atoms with Crippen LogP contribution in [-0.4, -0.2) is 60.1 Å². The highest BCUT2D eigenvalue weighted by Crippen LogP contribution is 2.33. The summed E-state index contributed by atoms with van der Waals surface area (Å²) in [5.74, 6) is 1.49. The third-order valence-corrected chi connectivity index (χ3v) is 6.24. The lowest BCUT2D eigenvalue weighted by Gasteiger charge is -2.49. The van der Waals surface area contributed by atoms with Gasteiger partial charge in [0.15, 0.2) is 0 Å². The summed E-state index contributed by atoms with van der Waals surface area (Å²) >= 11 is 0. The van der Waals surface area contributed by atoms with E-state index in [0.29, 0.717) is 6.04 Å². The van der Waals surface area contributed by atoms with E-state index in [1.54, 1.807) is 0 Å². The Morgan fingerprint density at radius 2 is 1.71 bits per heavy atom. The Labute approximate surface area is 131 Å². The fourth-order valence-corrected chi connectivity index (χ4v) is 4.87. The minimum atomic E-state index is 0.678. The van der Waals surface area contributed by atoms with Crippen LogP contribution >= 0.6 is 0 Å². The summed E-state index contributed by atoms with van der Waals surface area (Å²) in [5.41, 5.74) is 0. The van der Waals surface area contributed by atoms with Crippen molar-refractivity contribution in [1.29, 1.82) is 0 Å². The minimum absolute atomic E-state index is 0.678. The predicted molar refractivity (Wildman–Crippen MR) is 89.6 cm³/mol. The van der Waals surface area contributed by atoms with Crippen LogP contribution in [0.1, 0.15) is 53.4 Å². The molecule has 4 unspecified atom stereocenters. The molecule has 4 atom stereocenters. The summed E-state index contributed by atoms with van der Waals surface area (Å²) in [5, 5.41) is 3.82. The van der Waals surface area contributed by atoms with Gasteiger partial charge in [0.2, 0.25) is 0 Å². The lowest BCUT2D eigenvalue weighted by molar-refractivity contribution is 0.0226. The molecule has 0 saturated carbocycles. The number of piperazine rings is 1. The van der Waals surface area contributed by atoms with Gasteiger partial charge >= 0.3 is 0 Å². The first-order chi connectivity index (χ1) is 10.1. The normalized spacial score (nSPS) is 39.1. The molecule has 122 valence electrons. The average Bonchev–Trinajstić information content (AvgIpc) is 2.90. The molecular formula is C18H35N3. The second-order valence-electron chi connectivity index (χ2n) is 8.22. The second-order valence-corrected chi connectivity index (χ2v) is 8.22. The fraction of sp³-hybridized carbons (Fsp3) is 1.00. The van der Waals surface area contributed by atoms with Gasteiger partial charge in [0, 0.05) is 43.8 Å². The molecule has 0 aromatic carbocycles. The lowest BCUT2D eigenvalue weighted by Crippen LogP contribution is -2.64. The molecule has 0 aromatic heterocycles. The zero-order chi connectivity index (χ0) is 15.0. The van der Waals surface area contributed by atoms with Gasteiger partial charge in [-0.2, -0.15) is 0 Å². The summed E-state index contributed by atoms with van der Waals surface area (Å²) in [6.45, 7) is 14.7. The highest BCUT2D eigenvalue weighted by molar-refractivity contribution is 5.01. The van der Waals surface area contributed by atoms with Gasteiger partial charge in [0.1, 0.15) is 0 Å². The fourth-order valence-electron chi connectivity index (χ4n) is 4.87. The third-order valence-electron chi connectivity index (χ3n) is 6.24. The monoisotopic (exact) mass is 293 g/mol. The van der Waals surface area contributed by atoms with Crippen LogP contribution in [0, 0.1) is 11.8 Å². The molecule has 3 fully saturated rings. The van der Waals surface area contributed by atoms with Gasteiger partial charge in [-0.05, 0) is 37.6 Å². The number of hydrogen-bond donors (Lipinski definition) is 1. The Hall–Kier alpha value is -0.120. The van der Waals surface area contributed by atoms with Crippen LogP contribution < -0.4 is 5.32 Å². The summed E-state index contributed by atoms with van der Waals surface area (Å²) < 4.78 is 0. The van der Waals surface area contributed by atoms with Crippen LogP contribution in [0.5, 0.6) is 0 Å². The van der Waals surface area contributed by atoms with Crippen molar-refractivity contribution in [2.45, 2.75) is 77.5 Å². The molecule has 1 N–H and O–H groups in total. The van der Waals surface area contributed by atoms with E-state index < -0.39 is 0 Å². The number of rotatable bonds is 3. The van der Waals surface area contributed by atoms with Gasteiger partial charge in [-0.3, -0.25) is 9.80 Å². The highest BCUT2D eigenvalue weighted by atomic mass is 15.3. The standard InChI is InChI=1S/C18H35N3/c1-13(2)15-12-21(18(11-19-15)14(3)4)17-8-10-20-9-6-5-7-16(17)20/h13-19H,5-12H2,1-4H3. The smallest absolute Gasteiger partial charge is 0.0268 e. The summed E-state index contributed by atoms with van der Waals surface area (Å²) in [6, 6.07) is 3.08. The molecule has 0 bridgehead atoms. The van der Waals surface area contributed by atoms with E-state index in [2.05, 4.69) is 42.8 Å². The second kappa shape index (κ2) is 6.55. The van der Waals surface area contributed by atoms with E-state index >= 15 is 0 Å². The Morgan fingerprint density at radius 1 is 0.905 bits per heavy atom. The van der Waals surface area contributed by atoms with Gasteiger partial charge in [0.25, 0.3) is 0 Å². The molecule has 0 spiro atoms. The Bertz CT molecular complexity index is 341. The molecule has 3 nitrogen and oxygen atoms in total. The first kappa shape index (κ1) is 15.8. The van der Waals surface area contributed by atoms with Crippen molar-refractivity contribution in [3.63, 3.8) is 0 Å². The van der Waals surface area contributed by atoms with E-state index in [1.165, 1.54) is 51.9 Å². The van der Waals surface area contributed by atoms with Crippen molar-refractivity contribution < 1.29 is 0 Å². The Kier molecular flexibility index (Phi) is 4.92. The van der Waals surface area contributed by atoms with Crippen LogP contribution in [0.4, 0.5) is 0 Å². The van der Waals surface area contributed by atoms with Gasteiger partial charge in [-0.25, -0.2) is 0 Å². The van der Waals surface area contributed by atoms with Crippen LogP contribution in [0.3, 0.4) is 0 Å². The maximum absolute atomic E-state index is 3.82. The first-order valence-corrected chi connectivity index (χ1v) is 9.31. The van der Waals surface area contributed by atoms with E-state index in [-0.39, 0.29) is 0 Å². The third kappa shape index (κ3) is 3.16. The molecule has 3 aliphatic heterocycles. The van der Waals surface area contributed by atoms with Crippen molar-refractivity contribution >= 4 is 0 Å². The van der Waals surface area contributed by atoms with Gasteiger partial charge in [-0.15, -0.1) is 0 Å². The number of hydrogen-bond acceptors (Lipinski definition) is 3. The van der Waals surface area contributed by atoms with Crippen molar-refractivity contribution in [3.8, 4) is 0 Å². The molecule has 0 radical (unpaired) electrons. The quantitative estimate of drug-likeness (QED) is 0.863. The van der Waals surface area contributed by atoms with E-state index in [9.17, 15) is 0 Å². The maximum atomic E-state index is 3.82. The lowest BCUT2D eigenvalue weighted by atomic mass is 9.89. The number of nitrogens with one attached hydrogen (secondary N) is 1. The molecule has 21 heavy (non-hydrogen) atoms. The SMILES string of the molecule is CC(C)C1CN(C2CCN3CCCCC23)C(C(C)C)CN1. The van der Waals surface area contributed by atoms with Gasteiger partial charge < -0.3 is 5.32 Å². The largest absolute Gasteiger partial charge is 0.311 e. The van der Waals surface area contributed by atoms with E-state index in [1.807, 2.05) is 0 Å². The van der Waals surface area contributed by atoms with E-state index in [4.69, 9.17) is 0 Å². The number of fused-ring (bicyclic) bond motifs is 1. The molecule has 0 aliphatic carbocycles. The van der Waals surface area contributed by atoms with Crippen molar-refractivity contribution in [2.24, 2.45) is 11.8 Å². The summed E-state index contributed by atoms with van der Waals surface area (Å²) in [4.78, 5) is 5.71. The molecule has 3 aliphatic rings. The minimum Gasteiger partial charge on any atom is -0.311 e. The first-order valence-electron chi connectivity index (χ1n) is 9.31. The van der Waals surface area contributed by atoms with Crippen molar-refractivity contribution in [1.82, 2.24) is 15.1 Å². The molecular weight excluding hydrogens is 258 g/mol. The van der Waals surface area contributed by atoms with Crippen molar-refractivity contribution in [3.05, 3.63) is 0 Å². The van der Waals surface area contributed by atoms with E-state index in [0.717, 1.165) is 30.0 Å². The van der Waals surface area contributed by atoms with Gasteiger partial charge in [-0.1, -0.05) is 34.1 Å². The molecule has 3 heterocycles. The Balaban J connectivity index is 1.75. The molecule has 0 aromatic rings. The van der Waals surface area contributed by atoms with Crippen LogP contribution in [-0.2, 0) is 0 Å². The zero-order valence-corrected chi connectivity index (χ0v) is 14.5. The van der Waals surface area contributed by atoms with Crippen LogP contribution in [0.2, 0.25) is 0 Å². The predicted octanol–water partition coefficient (Wildman–Crippen LogP) is 2.57. The topological polar surface area (TPSA) is 18.5 Å². The zero-order valence-electron chi connectivity index (χ0n) is 14.5. The van der Waals surface area contributed by atoms with Gasteiger partial charge in [0.05, 0.1) is 0 Å². The Morgan fingerprint density at radius 3 is 2.43 bits per heavy atom. The van der Waals surface area contributed by atoms with Crippen molar-refractivity contribution in [2.75, 3.05) is 26.2 Å². The molecule has 3 rings (SSSR count). The molecule has 3 saturated heterocycles. The van der Waals surface area contributed by atoms with Crippen LogP contribution in [0.15, 0.2) is 0 Å². The number of nitrogens with zero attached hydrogens (tertiary/aromatic N) is 2. The number of piperidine rings is 1. The van der Waals surface area contributed by atoms with Crippen LogP contribution in [0.25, 0.3) is 0 Å². The highest BCUT2D eigenvalue weighted by Gasteiger charge is 2.43. The average molecular weight is 293 g/mol. The summed E-state index contributed by atoms with van der Waals surface area (Å²) in [6.07, 6.45) is 5.71. The maximum Gasteiger partial charge on any atom is 0.0268 e. The summed E-state index contributed by atoms with van der Waals surface area (Å²) in [7, 11) is 0.